The van der Waals surface area contributed by atoms with E-state index in [1.165, 1.54) is 0 Å². The molecule has 0 bridgehead atoms. The van der Waals surface area contributed by atoms with E-state index in [0.717, 1.165) is 22.6 Å². The summed E-state index contributed by atoms with van der Waals surface area (Å²) in [5, 5.41) is 3.34. The van der Waals surface area contributed by atoms with E-state index >= 15 is 0 Å². The Hall–Kier alpha value is -1.85. The second-order valence-corrected chi connectivity index (χ2v) is 7.87. The van der Waals surface area contributed by atoms with Crippen LogP contribution in [0, 0.1) is 0 Å². The maximum atomic E-state index is 13.4. The average molecular weight is 377 g/mol. The highest BCUT2D eigenvalue weighted by Crippen LogP contribution is 2.59. The smallest absolute Gasteiger partial charge is 0.351 e. The van der Waals surface area contributed by atoms with Gasteiger partial charge in [-0.3, -0.25) is 9.88 Å². The molecule has 6 nitrogen and oxygen atoms in total. The first-order valence-electron chi connectivity index (χ1n) is 8.72. The Labute approximate surface area is 154 Å². The lowest BCUT2D eigenvalue weighted by atomic mass is 10.2. The van der Waals surface area contributed by atoms with Gasteiger partial charge in [0.1, 0.15) is 5.78 Å². The molecule has 7 heteroatoms. The van der Waals surface area contributed by atoms with Crippen molar-refractivity contribution in [2.45, 2.75) is 26.2 Å². The van der Waals surface area contributed by atoms with Gasteiger partial charge in [0.25, 0.3) is 0 Å². The quantitative estimate of drug-likeness (QED) is 0.651. The Kier molecular flexibility index (Phi) is 6.33. The van der Waals surface area contributed by atoms with Gasteiger partial charge in [0.2, 0.25) is 6.79 Å². The summed E-state index contributed by atoms with van der Waals surface area (Å²) in [6.07, 6.45) is 0. The molecule has 1 atom stereocenters. The van der Waals surface area contributed by atoms with Crippen LogP contribution < -0.4 is 14.8 Å². The van der Waals surface area contributed by atoms with Crippen molar-refractivity contribution in [3.63, 3.8) is 0 Å². The Bertz CT molecular complexity index is 758. The minimum atomic E-state index is -3.37. The minimum Gasteiger partial charge on any atom is -0.454 e. The third kappa shape index (κ3) is 4.27. The van der Waals surface area contributed by atoms with Gasteiger partial charge in [-0.1, -0.05) is 36.4 Å². The van der Waals surface area contributed by atoms with Crippen LogP contribution in [0.5, 0.6) is 11.5 Å². The first kappa shape index (κ1) is 18.9. The van der Waals surface area contributed by atoms with Crippen molar-refractivity contribution in [2.75, 3.05) is 20.0 Å². The molecule has 0 amide bonds. The molecule has 0 saturated heterocycles. The first-order chi connectivity index (χ1) is 12.7. The second kappa shape index (κ2) is 8.69. The zero-order chi connectivity index (χ0) is 18.4. The van der Waals surface area contributed by atoms with Gasteiger partial charge < -0.3 is 18.5 Å². The molecule has 0 aliphatic carbocycles. The van der Waals surface area contributed by atoms with Crippen LogP contribution in [0.25, 0.3) is 0 Å². The van der Waals surface area contributed by atoms with Crippen LogP contribution in [0.15, 0.2) is 48.5 Å². The number of fused-ring (bicyclic) bond motifs is 1. The molecule has 0 fully saturated rings. The largest absolute Gasteiger partial charge is 0.454 e. The van der Waals surface area contributed by atoms with E-state index in [9.17, 15) is 4.57 Å². The number of nitrogens with one attached hydrogen (secondary N) is 1. The van der Waals surface area contributed by atoms with Crippen LogP contribution in [0.3, 0.4) is 0 Å². The van der Waals surface area contributed by atoms with E-state index < -0.39 is 13.4 Å². The van der Waals surface area contributed by atoms with Crippen molar-refractivity contribution in [2.24, 2.45) is 0 Å². The lowest BCUT2D eigenvalue weighted by Gasteiger charge is -2.27. The SMILES string of the molecule is CCOP(=O)(OCC)C(NCc1ccc2c(c1)OCO2)c1ccccc1. The summed E-state index contributed by atoms with van der Waals surface area (Å²) in [7, 11) is -3.37. The van der Waals surface area contributed by atoms with Crippen molar-refractivity contribution in [1.82, 2.24) is 5.32 Å². The van der Waals surface area contributed by atoms with Gasteiger partial charge in [-0.25, -0.2) is 0 Å². The molecular formula is C19H24NO5P. The molecular weight excluding hydrogens is 353 g/mol. The summed E-state index contributed by atoms with van der Waals surface area (Å²) in [6, 6.07) is 15.3. The predicted octanol–water partition coefficient (Wildman–Crippen LogP) is 4.47. The summed E-state index contributed by atoms with van der Waals surface area (Å²) in [6.45, 7) is 4.97. The molecule has 0 aromatic heterocycles. The predicted molar refractivity (Wildman–Crippen MR) is 99.4 cm³/mol. The molecule has 2 aromatic rings. The van der Waals surface area contributed by atoms with Crippen molar-refractivity contribution in [3.05, 3.63) is 59.7 Å². The fourth-order valence-electron chi connectivity index (χ4n) is 2.86. The van der Waals surface area contributed by atoms with Crippen LogP contribution in [-0.4, -0.2) is 20.0 Å². The maximum absolute atomic E-state index is 13.4. The summed E-state index contributed by atoms with van der Waals surface area (Å²) in [4.78, 5) is 0. The van der Waals surface area contributed by atoms with Gasteiger partial charge in [0.05, 0.1) is 13.2 Å². The third-order valence-electron chi connectivity index (χ3n) is 3.99. The Morgan fingerprint density at radius 1 is 1.04 bits per heavy atom. The van der Waals surface area contributed by atoms with Crippen molar-refractivity contribution >= 4 is 7.60 Å². The highest BCUT2D eigenvalue weighted by atomic mass is 31.2. The molecule has 1 unspecified atom stereocenters. The van der Waals surface area contributed by atoms with Crippen molar-refractivity contribution in [3.8, 4) is 11.5 Å². The fourth-order valence-corrected chi connectivity index (χ4v) is 4.80. The summed E-state index contributed by atoms with van der Waals surface area (Å²) in [5.41, 5.74) is 1.85. The Morgan fingerprint density at radius 3 is 2.42 bits per heavy atom. The third-order valence-corrected chi connectivity index (χ3v) is 6.34. The summed E-state index contributed by atoms with van der Waals surface area (Å²) in [5.74, 6) is 0.898. The highest BCUT2D eigenvalue weighted by molar-refractivity contribution is 7.54. The minimum absolute atomic E-state index is 0.239. The van der Waals surface area contributed by atoms with Gasteiger partial charge in [-0.05, 0) is 37.1 Å². The maximum Gasteiger partial charge on any atom is 0.351 e. The average Bonchev–Trinajstić information content (AvgIpc) is 3.11. The molecule has 140 valence electrons. The molecule has 1 heterocycles. The number of ether oxygens (including phenoxy) is 2. The number of hydrogen-bond donors (Lipinski definition) is 1. The monoisotopic (exact) mass is 377 g/mol. The van der Waals surface area contributed by atoms with Crippen molar-refractivity contribution < 1.29 is 23.1 Å². The van der Waals surface area contributed by atoms with Crippen LogP contribution >= 0.6 is 7.60 Å². The second-order valence-electron chi connectivity index (χ2n) is 5.76. The van der Waals surface area contributed by atoms with Gasteiger partial charge in [0, 0.05) is 6.54 Å². The standard InChI is InChI=1S/C19H24NO5P/c1-3-24-26(21,25-4-2)19(16-8-6-5-7-9-16)20-13-15-10-11-17-18(12-15)23-14-22-17/h5-12,19-20H,3-4,13-14H2,1-2H3. The molecule has 1 N–H and O–H groups in total. The van der Waals surface area contributed by atoms with Crippen LogP contribution in [0.2, 0.25) is 0 Å². The molecule has 0 saturated carbocycles. The van der Waals surface area contributed by atoms with Gasteiger partial charge in [-0.2, -0.15) is 0 Å². The molecule has 0 radical (unpaired) electrons. The van der Waals surface area contributed by atoms with E-state index in [1.54, 1.807) is 0 Å². The molecule has 1 aliphatic heterocycles. The lowest BCUT2D eigenvalue weighted by molar-refractivity contribution is 0.174. The molecule has 0 spiro atoms. The van der Waals surface area contributed by atoms with Crippen LogP contribution in [0.1, 0.15) is 30.8 Å². The number of benzene rings is 2. The first-order valence-corrected chi connectivity index (χ1v) is 10.3. The highest BCUT2D eigenvalue weighted by Gasteiger charge is 2.36. The topological polar surface area (TPSA) is 66.0 Å². The molecule has 2 aromatic carbocycles. The molecule has 26 heavy (non-hydrogen) atoms. The number of hydrogen-bond acceptors (Lipinski definition) is 6. The summed E-state index contributed by atoms with van der Waals surface area (Å²) < 4.78 is 35.3. The lowest BCUT2D eigenvalue weighted by Crippen LogP contribution is -2.23. The van der Waals surface area contributed by atoms with E-state index in [4.69, 9.17) is 18.5 Å². The summed E-state index contributed by atoms with van der Waals surface area (Å²) >= 11 is 0. The Morgan fingerprint density at radius 2 is 1.73 bits per heavy atom. The fraction of sp³-hybridized carbons (Fsp3) is 0.368. The zero-order valence-corrected chi connectivity index (χ0v) is 15.9. The van der Waals surface area contributed by atoms with Crippen LogP contribution in [-0.2, 0) is 20.2 Å². The molecule has 3 rings (SSSR count). The van der Waals surface area contributed by atoms with Gasteiger partial charge in [-0.15, -0.1) is 0 Å². The Balaban J connectivity index is 1.82. The normalized spacial score (nSPS) is 14.4. The van der Waals surface area contributed by atoms with Crippen molar-refractivity contribution in [1.29, 1.82) is 0 Å². The van der Waals surface area contributed by atoms with E-state index in [1.807, 2.05) is 62.4 Å². The van der Waals surface area contributed by atoms with E-state index in [-0.39, 0.29) is 6.79 Å². The number of rotatable bonds is 9. The van der Waals surface area contributed by atoms with Crippen LogP contribution in [0.4, 0.5) is 0 Å². The van der Waals surface area contributed by atoms with Gasteiger partial charge in [0.15, 0.2) is 11.5 Å². The van der Waals surface area contributed by atoms with E-state index in [2.05, 4.69) is 5.32 Å². The van der Waals surface area contributed by atoms with Gasteiger partial charge >= 0.3 is 7.60 Å². The molecule has 1 aliphatic rings. The van der Waals surface area contributed by atoms with E-state index in [0.29, 0.717) is 19.8 Å². The zero-order valence-electron chi connectivity index (χ0n) is 15.0.